The number of aryl methyl sites for hydroxylation is 1. The van der Waals surface area contributed by atoms with Gasteiger partial charge >= 0.3 is 0 Å². The number of thioether (sulfide) groups is 1. The van der Waals surface area contributed by atoms with E-state index in [-0.39, 0.29) is 35.8 Å². The van der Waals surface area contributed by atoms with Crippen LogP contribution in [0.3, 0.4) is 0 Å². The molecule has 0 spiro atoms. The minimum atomic E-state index is -2.94. The number of amides is 2. The molecule has 3 saturated heterocycles. The Morgan fingerprint density at radius 3 is 2.42 bits per heavy atom. The third-order valence-electron chi connectivity index (χ3n) is 6.36. The Morgan fingerprint density at radius 2 is 1.77 bits per heavy atom. The Kier molecular flexibility index (Phi) is 6.88. The van der Waals surface area contributed by atoms with Crippen molar-refractivity contribution < 1.29 is 18.0 Å². The number of hydrogen-bond donors (Lipinski definition) is 0. The summed E-state index contributed by atoms with van der Waals surface area (Å²) in [5.74, 6) is 2.26. The molecule has 3 aliphatic rings. The summed E-state index contributed by atoms with van der Waals surface area (Å²) < 4.78 is 23.2. The number of nitrogens with zero attached hydrogens (tertiary/aromatic N) is 4. The Balaban J connectivity index is 1.37. The highest BCUT2D eigenvalue weighted by Gasteiger charge is 2.31. The van der Waals surface area contributed by atoms with E-state index in [1.54, 1.807) is 11.8 Å². The quantitative estimate of drug-likeness (QED) is 0.653. The zero-order valence-electron chi connectivity index (χ0n) is 18.0. The first-order valence-corrected chi connectivity index (χ1v) is 13.8. The third-order valence-corrected chi connectivity index (χ3v) is 8.94. The number of rotatable bonds is 4. The van der Waals surface area contributed by atoms with Crippen LogP contribution in [0.5, 0.6) is 0 Å². The lowest BCUT2D eigenvalue weighted by atomic mass is 9.89. The first-order valence-electron chi connectivity index (χ1n) is 10.9. The molecule has 0 atom stereocenters. The van der Waals surface area contributed by atoms with E-state index < -0.39 is 9.84 Å². The van der Waals surface area contributed by atoms with Crippen molar-refractivity contribution in [3.8, 4) is 0 Å². The van der Waals surface area contributed by atoms with E-state index in [2.05, 4.69) is 0 Å². The Morgan fingerprint density at radius 1 is 1.06 bits per heavy atom. The van der Waals surface area contributed by atoms with Gasteiger partial charge in [0.05, 0.1) is 35.2 Å². The summed E-state index contributed by atoms with van der Waals surface area (Å²) in [6.45, 7) is 5.13. The van der Waals surface area contributed by atoms with Crippen LogP contribution in [0, 0.1) is 6.92 Å². The number of aromatic nitrogens is 1. The van der Waals surface area contributed by atoms with Crippen molar-refractivity contribution in [2.75, 3.05) is 62.4 Å². The van der Waals surface area contributed by atoms with Gasteiger partial charge in [0.25, 0.3) is 5.91 Å². The van der Waals surface area contributed by atoms with Crippen LogP contribution in [0.25, 0.3) is 0 Å². The summed E-state index contributed by atoms with van der Waals surface area (Å²) in [5, 5.41) is 0. The molecule has 0 N–H and O–H groups in total. The number of hydrogen-bond acceptors (Lipinski definition) is 7. The molecule has 31 heavy (non-hydrogen) atoms. The van der Waals surface area contributed by atoms with Gasteiger partial charge in [-0.05, 0) is 31.9 Å². The molecule has 4 rings (SSSR count). The van der Waals surface area contributed by atoms with Crippen molar-refractivity contribution in [3.63, 3.8) is 0 Å². The minimum Gasteiger partial charge on any atom is -0.342 e. The van der Waals surface area contributed by atoms with E-state index in [9.17, 15) is 18.0 Å². The second-order valence-electron chi connectivity index (χ2n) is 8.57. The molecule has 10 heteroatoms. The molecule has 1 aromatic rings. The minimum absolute atomic E-state index is 0.0559. The average molecular weight is 467 g/mol. The fourth-order valence-corrected chi connectivity index (χ4v) is 6.64. The highest BCUT2D eigenvalue weighted by Crippen LogP contribution is 2.31. The lowest BCUT2D eigenvalue weighted by Crippen LogP contribution is -2.48. The van der Waals surface area contributed by atoms with Crippen molar-refractivity contribution in [1.82, 2.24) is 19.7 Å². The molecule has 0 unspecified atom stereocenters. The van der Waals surface area contributed by atoms with Gasteiger partial charge in [0.15, 0.2) is 9.84 Å². The molecule has 0 radical (unpaired) electrons. The van der Waals surface area contributed by atoms with E-state index in [0.717, 1.165) is 42.4 Å². The molecule has 0 bridgehead atoms. The molecule has 0 aromatic carbocycles. The maximum Gasteiger partial charge on any atom is 0.256 e. The van der Waals surface area contributed by atoms with Crippen molar-refractivity contribution >= 4 is 33.4 Å². The van der Waals surface area contributed by atoms with Crippen LogP contribution in [0.15, 0.2) is 12.1 Å². The van der Waals surface area contributed by atoms with Crippen molar-refractivity contribution in [3.05, 3.63) is 29.1 Å². The third kappa shape index (κ3) is 5.40. The van der Waals surface area contributed by atoms with Crippen LogP contribution < -0.4 is 0 Å². The Hall–Kier alpha value is -1.65. The van der Waals surface area contributed by atoms with Gasteiger partial charge in [-0.2, -0.15) is 0 Å². The summed E-state index contributed by atoms with van der Waals surface area (Å²) in [6, 6.07) is 3.81. The molecule has 4 heterocycles. The molecule has 3 aliphatic heterocycles. The number of pyridine rings is 1. The standard InChI is InChI=1S/C21H30N4O4S2/c1-16-2-3-18(21(27)25-8-11-30-15-25)20(22-16)17-4-6-24(7-5-17)19(26)14-23-9-12-31(28,29)13-10-23/h2-3,17H,4-15H2,1H3. The average Bonchev–Trinajstić information content (AvgIpc) is 3.30. The largest absolute Gasteiger partial charge is 0.342 e. The number of likely N-dealkylation sites (tertiary alicyclic amines) is 1. The normalized spacial score (nSPS) is 22.6. The van der Waals surface area contributed by atoms with Gasteiger partial charge in [-0.15, -0.1) is 11.8 Å². The Labute approximate surface area is 188 Å². The lowest BCUT2D eigenvalue weighted by molar-refractivity contribution is -0.133. The van der Waals surface area contributed by atoms with Crippen LogP contribution in [0.2, 0.25) is 0 Å². The number of piperidine rings is 1. The fraction of sp³-hybridized carbons (Fsp3) is 0.667. The molecule has 2 amide bonds. The zero-order chi connectivity index (χ0) is 22.0. The van der Waals surface area contributed by atoms with E-state index >= 15 is 0 Å². The highest BCUT2D eigenvalue weighted by molar-refractivity contribution is 7.99. The molecule has 170 valence electrons. The predicted molar refractivity (Wildman–Crippen MR) is 121 cm³/mol. The molecule has 0 aliphatic carbocycles. The number of carbonyl (C=O) groups excluding carboxylic acids is 2. The van der Waals surface area contributed by atoms with E-state index in [1.807, 2.05) is 33.8 Å². The predicted octanol–water partition coefficient (Wildman–Crippen LogP) is 0.973. The second kappa shape index (κ2) is 9.46. The molecule has 0 saturated carbocycles. The van der Waals surface area contributed by atoms with Crippen LogP contribution >= 0.6 is 11.8 Å². The first-order chi connectivity index (χ1) is 14.8. The molecular formula is C21H30N4O4S2. The first kappa shape index (κ1) is 22.5. The summed E-state index contributed by atoms with van der Waals surface area (Å²) >= 11 is 1.77. The fourth-order valence-electron chi connectivity index (χ4n) is 4.42. The Bertz CT molecular complexity index is 925. The van der Waals surface area contributed by atoms with Crippen molar-refractivity contribution in [2.45, 2.75) is 25.7 Å². The van der Waals surface area contributed by atoms with E-state index in [4.69, 9.17) is 4.98 Å². The smallest absolute Gasteiger partial charge is 0.256 e. The SMILES string of the molecule is Cc1ccc(C(=O)N2CCSC2)c(C2CCN(C(=O)CN3CCS(=O)(=O)CC3)CC2)n1. The van der Waals surface area contributed by atoms with Gasteiger partial charge in [0.2, 0.25) is 5.91 Å². The number of carbonyl (C=O) groups is 2. The molecule has 1 aromatic heterocycles. The maximum atomic E-state index is 13.0. The van der Waals surface area contributed by atoms with E-state index in [1.165, 1.54) is 0 Å². The van der Waals surface area contributed by atoms with Gasteiger partial charge < -0.3 is 9.80 Å². The molecule has 8 nitrogen and oxygen atoms in total. The number of sulfone groups is 1. The molecule has 3 fully saturated rings. The summed E-state index contributed by atoms with van der Waals surface area (Å²) in [4.78, 5) is 36.2. The van der Waals surface area contributed by atoms with Gasteiger partial charge in [0.1, 0.15) is 0 Å². The van der Waals surface area contributed by atoms with Crippen LogP contribution in [-0.4, -0.2) is 102 Å². The topological polar surface area (TPSA) is 90.9 Å². The summed E-state index contributed by atoms with van der Waals surface area (Å²) in [5.41, 5.74) is 2.48. The lowest BCUT2D eigenvalue weighted by Gasteiger charge is -2.34. The summed E-state index contributed by atoms with van der Waals surface area (Å²) in [6.07, 6.45) is 1.57. The van der Waals surface area contributed by atoms with Gasteiger partial charge in [-0.1, -0.05) is 0 Å². The van der Waals surface area contributed by atoms with Gasteiger partial charge in [0, 0.05) is 50.1 Å². The highest BCUT2D eigenvalue weighted by atomic mass is 32.2. The van der Waals surface area contributed by atoms with Gasteiger partial charge in [-0.25, -0.2) is 8.42 Å². The van der Waals surface area contributed by atoms with Crippen LogP contribution in [0.1, 0.15) is 40.5 Å². The second-order valence-corrected chi connectivity index (χ2v) is 12.0. The van der Waals surface area contributed by atoms with Crippen LogP contribution in [0.4, 0.5) is 0 Å². The summed E-state index contributed by atoms with van der Waals surface area (Å²) in [7, 11) is -2.94. The zero-order valence-corrected chi connectivity index (χ0v) is 19.6. The van der Waals surface area contributed by atoms with E-state index in [0.29, 0.717) is 31.7 Å². The van der Waals surface area contributed by atoms with Crippen molar-refractivity contribution in [1.29, 1.82) is 0 Å². The van der Waals surface area contributed by atoms with Crippen LogP contribution in [-0.2, 0) is 14.6 Å². The maximum absolute atomic E-state index is 13.0. The monoisotopic (exact) mass is 466 g/mol. The van der Waals surface area contributed by atoms with Gasteiger partial charge in [-0.3, -0.25) is 19.5 Å². The van der Waals surface area contributed by atoms with Crippen molar-refractivity contribution in [2.24, 2.45) is 0 Å². The molecular weight excluding hydrogens is 436 g/mol.